The van der Waals surface area contributed by atoms with Crippen LogP contribution in [-0.4, -0.2) is 17.4 Å². The summed E-state index contributed by atoms with van der Waals surface area (Å²) in [5.41, 5.74) is 1.34. The maximum atomic E-state index is 11.3. The van der Waals surface area contributed by atoms with Crippen LogP contribution in [0, 0.1) is 0 Å². The zero-order valence-corrected chi connectivity index (χ0v) is 9.40. The zero-order valence-electron chi connectivity index (χ0n) is 7.01. The van der Waals surface area contributed by atoms with Crippen LogP contribution in [0.3, 0.4) is 0 Å². The number of carbonyl (C=O) groups is 1. The molecule has 1 aliphatic heterocycles. The van der Waals surface area contributed by atoms with E-state index in [0.717, 1.165) is 17.1 Å². The van der Waals surface area contributed by atoms with Crippen LogP contribution < -0.4 is 0 Å². The van der Waals surface area contributed by atoms with Gasteiger partial charge in [0.1, 0.15) is 0 Å². The maximum Gasteiger partial charge on any atom is 0.187 e. The van der Waals surface area contributed by atoms with Gasteiger partial charge in [-0.2, -0.15) is 11.8 Å². The van der Waals surface area contributed by atoms with Crippen molar-refractivity contribution >= 4 is 40.5 Å². The first-order valence-electron chi connectivity index (χ1n) is 4.09. The zero-order chi connectivity index (χ0) is 9.26. The fourth-order valence-corrected chi connectivity index (χ4v) is 3.88. The van der Waals surface area contributed by atoms with E-state index in [0.29, 0.717) is 0 Å². The molecule has 13 heavy (non-hydrogen) atoms. The van der Waals surface area contributed by atoms with Gasteiger partial charge >= 0.3 is 0 Å². The molecular weight excluding hydrogens is 224 g/mol. The van der Waals surface area contributed by atoms with Crippen molar-refractivity contribution < 1.29 is 4.79 Å². The molecule has 1 aliphatic rings. The summed E-state index contributed by atoms with van der Waals surface area (Å²) >= 11 is 9.06. The van der Waals surface area contributed by atoms with Crippen molar-refractivity contribution in [2.75, 3.05) is 11.6 Å². The van der Waals surface area contributed by atoms with Gasteiger partial charge in [0, 0.05) is 10.6 Å². The second-order valence-electron chi connectivity index (χ2n) is 2.92. The Morgan fingerprint density at radius 3 is 3.15 bits per heavy atom. The number of halogens is 1. The highest BCUT2D eigenvalue weighted by Crippen LogP contribution is 2.31. The van der Waals surface area contributed by atoms with E-state index in [9.17, 15) is 4.79 Å². The smallest absolute Gasteiger partial charge is 0.187 e. The van der Waals surface area contributed by atoms with Gasteiger partial charge in [0.05, 0.1) is 10.8 Å². The normalized spacial score (nSPS) is 15.5. The summed E-state index contributed by atoms with van der Waals surface area (Å²) in [4.78, 5) is 13.5. The summed E-state index contributed by atoms with van der Waals surface area (Å²) in [5.74, 6) is 2.40. The Balaban J connectivity index is 2.30. The quantitative estimate of drug-likeness (QED) is 0.576. The molecular formula is C9H9ClOS2. The highest BCUT2D eigenvalue weighted by molar-refractivity contribution is 7.98. The lowest BCUT2D eigenvalue weighted by Crippen LogP contribution is -1.96. The lowest BCUT2D eigenvalue weighted by atomic mass is 10.2. The van der Waals surface area contributed by atoms with E-state index < -0.39 is 0 Å². The van der Waals surface area contributed by atoms with E-state index in [2.05, 4.69) is 0 Å². The van der Waals surface area contributed by atoms with Gasteiger partial charge in [0.2, 0.25) is 0 Å². The van der Waals surface area contributed by atoms with Crippen LogP contribution in [0.1, 0.15) is 20.1 Å². The monoisotopic (exact) mass is 232 g/mol. The molecule has 1 nitrogen and oxygen atoms in total. The molecule has 0 fully saturated rings. The van der Waals surface area contributed by atoms with Gasteiger partial charge in [-0.05, 0) is 23.8 Å². The summed E-state index contributed by atoms with van der Waals surface area (Å²) in [6, 6.07) is 2.01. The van der Waals surface area contributed by atoms with Crippen LogP contribution in [0.2, 0.25) is 0 Å². The Morgan fingerprint density at radius 2 is 2.46 bits per heavy atom. The number of aryl methyl sites for hydroxylation is 1. The maximum absolute atomic E-state index is 11.3. The van der Waals surface area contributed by atoms with Gasteiger partial charge in [-0.25, -0.2) is 0 Å². The molecule has 0 N–H and O–H groups in total. The standard InChI is InChI=1S/C9H9ClOS2/c10-4-7(11)9-3-6-5-12-2-1-8(6)13-9/h3H,1-2,4-5H2. The Hall–Kier alpha value is 0.01000. The fraction of sp³-hybridized carbons (Fsp3) is 0.444. The van der Waals surface area contributed by atoms with Crippen molar-refractivity contribution in [3.8, 4) is 0 Å². The lowest BCUT2D eigenvalue weighted by molar-refractivity contribution is 0.102. The molecule has 0 spiro atoms. The molecule has 0 bridgehead atoms. The SMILES string of the molecule is O=C(CCl)c1cc2c(s1)CCSC2. The minimum absolute atomic E-state index is 0.0612. The first kappa shape index (κ1) is 9.56. The van der Waals surface area contributed by atoms with E-state index in [1.165, 1.54) is 16.2 Å². The number of hydrogen-bond donors (Lipinski definition) is 0. The van der Waals surface area contributed by atoms with Crippen LogP contribution in [0.15, 0.2) is 6.07 Å². The summed E-state index contributed by atoms with van der Waals surface area (Å²) in [7, 11) is 0. The Labute approximate surface area is 90.5 Å². The van der Waals surface area contributed by atoms with Gasteiger partial charge in [0.25, 0.3) is 0 Å². The highest BCUT2D eigenvalue weighted by Gasteiger charge is 2.16. The third kappa shape index (κ3) is 1.92. The lowest BCUT2D eigenvalue weighted by Gasteiger charge is -2.08. The van der Waals surface area contributed by atoms with E-state index in [1.807, 2.05) is 17.8 Å². The molecule has 0 saturated carbocycles. The largest absolute Gasteiger partial charge is 0.292 e. The van der Waals surface area contributed by atoms with Crippen molar-refractivity contribution in [1.29, 1.82) is 0 Å². The molecule has 0 aliphatic carbocycles. The van der Waals surface area contributed by atoms with Crippen molar-refractivity contribution in [3.05, 3.63) is 21.4 Å². The number of thiophene rings is 1. The number of thioether (sulfide) groups is 1. The number of alkyl halides is 1. The van der Waals surface area contributed by atoms with E-state index in [1.54, 1.807) is 11.3 Å². The first-order chi connectivity index (χ1) is 6.31. The molecule has 0 aromatic carbocycles. The van der Waals surface area contributed by atoms with E-state index in [-0.39, 0.29) is 11.7 Å². The van der Waals surface area contributed by atoms with Crippen LogP contribution in [-0.2, 0) is 12.2 Å². The summed E-state index contributed by atoms with van der Waals surface area (Å²) in [6.07, 6.45) is 1.11. The molecule has 2 heterocycles. The first-order valence-corrected chi connectivity index (χ1v) is 6.60. The van der Waals surface area contributed by atoms with E-state index >= 15 is 0 Å². The minimum Gasteiger partial charge on any atom is -0.292 e. The third-order valence-electron chi connectivity index (χ3n) is 2.02. The van der Waals surface area contributed by atoms with Gasteiger partial charge < -0.3 is 0 Å². The average Bonchev–Trinajstić information content (AvgIpc) is 2.59. The van der Waals surface area contributed by atoms with Crippen molar-refractivity contribution in [1.82, 2.24) is 0 Å². The van der Waals surface area contributed by atoms with Gasteiger partial charge in [0.15, 0.2) is 5.78 Å². The molecule has 0 radical (unpaired) electrons. The molecule has 1 aromatic heterocycles. The summed E-state index contributed by atoms with van der Waals surface area (Å²) in [6.45, 7) is 0. The van der Waals surface area contributed by atoms with Crippen LogP contribution in [0.25, 0.3) is 0 Å². The van der Waals surface area contributed by atoms with E-state index in [4.69, 9.17) is 11.6 Å². The molecule has 70 valence electrons. The predicted molar refractivity (Wildman–Crippen MR) is 59.2 cm³/mol. The van der Waals surface area contributed by atoms with Crippen LogP contribution >= 0.6 is 34.7 Å². The predicted octanol–water partition coefficient (Wildman–Crippen LogP) is 2.96. The third-order valence-corrected chi connectivity index (χ3v) is 4.55. The van der Waals surface area contributed by atoms with Gasteiger partial charge in [-0.15, -0.1) is 22.9 Å². The summed E-state index contributed by atoms with van der Waals surface area (Å²) < 4.78 is 0. The Bertz CT molecular complexity index is 309. The second kappa shape index (κ2) is 4.03. The molecule has 0 unspecified atom stereocenters. The van der Waals surface area contributed by atoms with Crippen molar-refractivity contribution in [2.45, 2.75) is 12.2 Å². The number of ketones is 1. The number of Topliss-reactive ketones (excluding diaryl/α,β-unsaturated/α-hetero) is 1. The second-order valence-corrected chi connectivity index (χ2v) is 5.43. The topological polar surface area (TPSA) is 17.1 Å². The van der Waals surface area contributed by atoms with Crippen LogP contribution in [0.5, 0.6) is 0 Å². The molecule has 0 saturated heterocycles. The van der Waals surface area contributed by atoms with Crippen molar-refractivity contribution in [3.63, 3.8) is 0 Å². The molecule has 2 rings (SSSR count). The number of rotatable bonds is 2. The van der Waals surface area contributed by atoms with Crippen LogP contribution in [0.4, 0.5) is 0 Å². The molecule has 0 atom stereocenters. The Kier molecular flexibility index (Phi) is 2.96. The number of carbonyl (C=O) groups excluding carboxylic acids is 1. The molecule has 0 amide bonds. The van der Waals surface area contributed by atoms with Gasteiger partial charge in [-0.3, -0.25) is 4.79 Å². The van der Waals surface area contributed by atoms with Crippen molar-refractivity contribution in [2.24, 2.45) is 0 Å². The summed E-state index contributed by atoms with van der Waals surface area (Å²) in [5, 5.41) is 0. The Morgan fingerprint density at radius 1 is 1.62 bits per heavy atom. The fourth-order valence-electron chi connectivity index (χ4n) is 1.35. The number of hydrogen-bond acceptors (Lipinski definition) is 3. The minimum atomic E-state index is 0.0612. The van der Waals surface area contributed by atoms with Gasteiger partial charge in [-0.1, -0.05) is 0 Å². The highest BCUT2D eigenvalue weighted by atomic mass is 35.5. The number of fused-ring (bicyclic) bond motifs is 1. The average molecular weight is 233 g/mol. The molecule has 4 heteroatoms. The molecule has 1 aromatic rings.